The Kier molecular flexibility index (Phi) is 3.70. The smallest absolute Gasteiger partial charge is 0.164 e. The van der Waals surface area contributed by atoms with E-state index in [1.165, 1.54) is 12.1 Å². The van der Waals surface area contributed by atoms with Crippen LogP contribution in [0.25, 0.3) is 0 Å². The average Bonchev–Trinajstić information content (AvgIpc) is 2.63. The number of anilines is 1. The van der Waals surface area contributed by atoms with E-state index in [1.54, 1.807) is 6.07 Å². The molecule has 0 aliphatic rings. The Morgan fingerprint density at radius 3 is 2.75 bits per heavy atom. The lowest BCUT2D eigenvalue weighted by Gasteiger charge is -2.06. The standard InChI is InChI=1S/C11H8ClFINO/c12-9-5-7(13)1-3-10(9)15-6-8-2-4-11(14)16-8/h1-5,15H,6H2. The first-order valence-corrected chi connectivity index (χ1v) is 6.04. The van der Waals surface area contributed by atoms with Crippen LogP contribution < -0.4 is 5.32 Å². The second-order valence-electron chi connectivity index (χ2n) is 3.18. The minimum Gasteiger partial charge on any atom is -0.454 e. The third-order valence-electron chi connectivity index (χ3n) is 2.01. The number of hydrogen-bond acceptors (Lipinski definition) is 2. The topological polar surface area (TPSA) is 25.2 Å². The van der Waals surface area contributed by atoms with Gasteiger partial charge in [-0.2, -0.15) is 0 Å². The van der Waals surface area contributed by atoms with Crippen molar-refractivity contribution in [3.05, 3.63) is 50.7 Å². The molecule has 0 spiro atoms. The normalized spacial score (nSPS) is 10.4. The van der Waals surface area contributed by atoms with Crippen molar-refractivity contribution in [3.63, 3.8) is 0 Å². The Balaban J connectivity index is 2.04. The fraction of sp³-hybridized carbons (Fsp3) is 0.0909. The maximum absolute atomic E-state index is 12.8. The summed E-state index contributed by atoms with van der Waals surface area (Å²) in [5.74, 6) is 0.466. The van der Waals surface area contributed by atoms with Gasteiger partial charge in [-0.15, -0.1) is 0 Å². The van der Waals surface area contributed by atoms with Crippen molar-refractivity contribution >= 4 is 39.9 Å². The van der Waals surface area contributed by atoms with Crippen LogP contribution in [0.3, 0.4) is 0 Å². The maximum Gasteiger partial charge on any atom is 0.164 e. The van der Waals surface area contributed by atoms with Gasteiger partial charge in [0.15, 0.2) is 3.77 Å². The van der Waals surface area contributed by atoms with Gasteiger partial charge in [-0.3, -0.25) is 0 Å². The van der Waals surface area contributed by atoms with Crippen molar-refractivity contribution in [3.8, 4) is 0 Å². The van der Waals surface area contributed by atoms with Crippen LogP contribution in [0.2, 0.25) is 5.02 Å². The molecule has 0 unspecified atom stereocenters. The summed E-state index contributed by atoms with van der Waals surface area (Å²) in [6.07, 6.45) is 0. The van der Waals surface area contributed by atoms with Crippen molar-refractivity contribution in [2.45, 2.75) is 6.54 Å². The molecule has 1 aromatic heterocycles. The zero-order chi connectivity index (χ0) is 11.5. The van der Waals surface area contributed by atoms with Gasteiger partial charge in [0.1, 0.15) is 11.6 Å². The first-order valence-electron chi connectivity index (χ1n) is 4.58. The quantitative estimate of drug-likeness (QED) is 0.835. The fourth-order valence-electron chi connectivity index (χ4n) is 1.26. The molecule has 0 aliphatic heterocycles. The lowest BCUT2D eigenvalue weighted by Crippen LogP contribution is -1.98. The molecule has 1 aromatic carbocycles. The van der Waals surface area contributed by atoms with E-state index in [0.29, 0.717) is 17.3 Å². The molecule has 1 heterocycles. The van der Waals surface area contributed by atoms with Gasteiger partial charge in [0, 0.05) is 0 Å². The van der Waals surface area contributed by atoms with Crippen LogP contribution in [-0.2, 0) is 6.54 Å². The summed E-state index contributed by atoms with van der Waals surface area (Å²) in [6, 6.07) is 8.00. The van der Waals surface area contributed by atoms with E-state index in [4.69, 9.17) is 16.0 Å². The summed E-state index contributed by atoms with van der Waals surface area (Å²) in [5.41, 5.74) is 0.689. The Bertz CT molecular complexity index is 500. The van der Waals surface area contributed by atoms with Crippen molar-refractivity contribution < 1.29 is 8.81 Å². The molecular weight excluding hydrogens is 343 g/mol. The lowest BCUT2D eigenvalue weighted by molar-refractivity contribution is 0.493. The number of hydrogen-bond donors (Lipinski definition) is 1. The summed E-state index contributed by atoms with van der Waals surface area (Å²) < 4.78 is 19.0. The summed E-state index contributed by atoms with van der Waals surface area (Å²) >= 11 is 7.96. The second kappa shape index (κ2) is 5.05. The number of halogens is 3. The summed E-state index contributed by atoms with van der Waals surface area (Å²) in [5, 5.41) is 3.44. The van der Waals surface area contributed by atoms with E-state index in [0.717, 1.165) is 9.53 Å². The van der Waals surface area contributed by atoms with Crippen LogP contribution in [0.1, 0.15) is 5.76 Å². The average molecular weight is 352 g/mol. The van der Waals surface area contributed by atoms with Crippen molar-refractivity contribution in [1.82, 2.24) is 0 Å². The monoisotopic (exact) mass is 351 g/mol. The van der Waals surface area contributed by atoms with Gasteiger partial charge in [-0.25, -0.2) is 4.39 Å². The first kappa shape index (κ1) is 11.7. The molecule has 0 radical (unpaired) electrons. The molecule has 0 amide bonds. The highest BCUT2D eigenvalue weighted by atomic mass is 127. The van der Waals surface area contributed by atoms with E-state index in [-0.39, 0.29) is 5.82 Å². The van der Waals surface area contributed by atoms with E-state index in [2.05, 4.69) is 27.9 Å². The van der Waals surface area contributed by atoms with Gasteiger partial charge < -0.3 is 9.73 Å². The molecule has 16 heavy (non-hydrogen) atoms. The predicted molar refractivity (Wildman–Crippen MR) is 70.2 cm³/mol. The lowest BCUT2D eigenvalue weighted by atomic mass is 10.3. The van der Waals surface area contributed by atoms with E-state index in [9.17, 15) is 4.39 Å². The molecular formula is C11H8ClFINO. The van der Waals surface area contributed by atoms with Gasteiger partial charge in [0.05, 0.1) is 17.3 Å². The summed E-state index contributed by atoms with van der Waals surface area (Å²) in [6.45, 7) is 0.522. The molecule has 0 atom stereocenters. The SMILES string of the molecule is Fc1ccc(NCc2ccc(I)o2)c(Cl)c1. The Labute approximate surface area is 111 Å². The Morgan fingerprint density at radius 2 is 2.12 bits per heavy atom. The number of rotatable bonds is 3. The molecule has 2 aromatic rings. The van der Waals surface area contributed by atoms with Crippen molar-refractivity contribution in [2.24, 2.45) is 0 Å². The molecule has 0 aliphatic carbocycles. The van der Waals surface area contributed by atoms with Gasteiger partial charge in [0.2, 0.25) is 0 Å². The van der Waals surface area contributed by atoms with Crippen molar-refractivity contribution in [1.29, 1.82) is 0 Å². The minimum atomic E-state index is -0.344. The van der Waals surface area contributed by atoms with Crippen LogP contribution in [0.4, 0.5) is 10.1 Å². The third-order valence-corrected chi connectivity index (χ3v) is 2.91. The van der Waals surface area contributed by atoms with Crippen LogP contribution in [0.5, 0.6) is 0 Å². The van der Waals surface area contributed by atoms with Crippen LogP contribution in [0, 0.1) is 9.58 Å². The first-order chi connectivity index (χ1) is 7.65. The molecule has 0 bridgehead atoms. The zero-order valence-electron chi connectivity index (χ0n) is 8.14. The number of furan rings is 1. The Morgan fingerprint density at radius 1 is 1.31 bits per heavy atom. The van der Waals surface area contributed by atoms with Crippen LogP contribution >= 0.6 is 34.2 Å². The van der Waals surface area contributed by atoms with E-state index >= 15 is 0 Å². The molecule has 0 saturated carbocycles. The zero-order valence-corrected chi connectivity index (χ0v) is 11.0. The second-order valence-corrected chi connectivity index (χ2v) is 4.65. The van der Waals surface area contributed by atoms with Gasteiger partial charge in [-0.1, -0.05) is 11.6 Å². The maximum atomic E-state index is 12.8. The number of nitrogens with one attached hydrogen (secondary N) is 1. The highest BCUT2D eigenvalue weighted by molar-refractivity contribution is 14.1. The van der Waals surface area contributed by atoms with Crippen LogP contribution in [0.15, 0.2) is 34.7 Å². The molecule has 0 saturated heterocycles. The van der Waals surface area contributed by atoms with Crippen LogP contribution in [-0.4, -0.2) is 0 Å². The Hall–Kier alpha value is -0.750. The number of benzene rings is 1. The minimum absolute atomic E-state index is 0.344. The largest absolute Gasteiger partial charge is 0.454 e. The van der Waals surface area contributed by atoms with E-state index in [1.807, 2.05) is 12.1 Å². The van der Waals surface area contributed by atoms with Gasteiger partial charge >= 0.3 is 0 Å². The third kappa shape index (κ3) is 2.89. The van der Waals surface area contributed by atoms with Gasteiger partial charge in [0.25, 0.3) is 0 Å². The van der Waals surface area contributed by atoms with Crippen molar-refractivity contribution in [2.75, 3.05) is 5.32 Å². The molecule has 0 fully saturated rings. The molecule has 5 heteroatoms. The fourth-order valence-corrected chi connectivity index (χ4v) is 1.96. The van der Waals surface area contributed by atoms with E-state index < -0.39 is 0 Å². The highest BCUT2D eigenvalue weighted by Gasteiger charge is 2.03. The molecule has 84 valence electrons. The molecule has 2 nitrogen and oxygen atoms in total. The molecule has 1 N–H and O–H groups in total. The highest BCUT2D eigenvalue weighted by Crippen LogP contribution is 2.23. The summed E-state index contributed by atoms with van der Waals surface area (Å²) in [7, 11) is 0. The predicted octanol–water partition coefficient (Wildman–Crippen LogP) is 4.29. The summed E-state index contributed by atoms with van der Waals surface area (Å²) in [4.78, 5) is 0. The molecule has 2 rings (SSSR count). The van der Waals surface area contributed by atoms with Gasteiger partial charge in [-0.05, 0) is 52.9 Å².